The fourth-order valence-electron chi connectivity index (χ4n) is 2.23. The molecule has 0 saturated carbocycles. The van der Waals surface area contributed by atoms with Crippen LogP contribution in [0.1, 0.15) is 29.7 Å². The van der Waals surface area contributed by atoms with Crippen LogP contribution in [0.25, 0.3) is 0 Å². The minimum Gasteiger partial charge on any atom is -0.378 e. The molecule has 100 valence electrons. The quantitative estimate of drug-likeness (QED) is 0.686. The van der Waals surface area contributed by atoms with Crippen LogP contribution in [0.5, 0.6) is 0 Å². The number of rotatable bonds is 3. The van der Waals surface area contributed by atoms with Crippen molar-refractivity contribution in [3.63, 3.8) is 0 Å². The summed E-state index contributed by atoms with van der Waals surface area (Å²) in [5.41, 5.74) is 5.07. The normalized spacial score (nSPS) is 12.3. The van der Waals surface area contributed by atoms with E-state index in [0.717, 1.165) is 14.6 Å². The van der Waals surface area contributed by atoms with E-state index in [1.54, 1.807) is 0 Å². The van der Waals surface area contributed by atoms with Crippen molar-refractivity contribution in [3.8, 4) is 0 Å². The second-order valence-corrected chi connectivity index (χ2v) is 6.62. The maximum Gasteiger partial charge on any atom is 0.0490 e. The zero-order chi connectivity index (χ0) is 14.0. The van der Waals surface area contributed by atoms with Gasteiger partial charge in [-0.15, -0.1) is 0 Å². The fourth-order valence-corrected chi connectivity index (χ4v) is 3.39. The van der Waals surface area contributed by atoms with Crippen LogP contribution in [-0.2, 0) is 0 Å². The van der Waals surface area contributed by atoms with Gasteiger partial charge in [0.15, 0.2) is 0 Å². The molecule has 0 fully saturated rings. The molecule has 0 amide bonds. The van der Waals surface area contributed by atoms with Gasteiger partial charge in [0, 0.05) is 20.7 Å². The summed E-state index contributed by atoms with van der Waals surface area (Å²) in [6.45, 7) is 6.48. The number of nitrogens with one attached hydrogen (secondary N) is 1. The summed E-state index contributed by atoms with van der Waals surface area (Å²) in [6.07, 6.45) is 0. The molecular weight excluding hydrogens is 366 g/mol. The largest absolute Gasteiger partial charge is 0.378 e. The first-order chi connectivity index (χ1) is 8.97. The second-order valence-electron chi connectivity index (χ2n) is 4.85. The van der Waals surface area contributed by atoms with Gasteiger partial charge < -0.3 is 5.32 Å². The molecule has 2 aromatic rings. The first kappa shape index (κ1) is 14.6. The molecule has 3 heteroatoms. The van der Waals surface area contributed by atoms with Gasteiger partial charge in [0.1, 0.15) is 0 Å². The Kier molecular flexibility index (Phi) is 4.69. The van der Waals surface area contributed by atoms with Gasteiger partial charge in [0.25, 0.3) is 0 Å². The predicted molar refractivity (Wildman–Crippen MR) is 89.8 cm³/mol. The standard InChI is InChI=1S/C16H17Br2N/c1-10-4-6-14(11(2)8-10)12(3)19-16-7-5-13(17)9-15(16)18/h4-9,12,19H,1-3H3. The molecule has 0 radical (unpaired) electrons. The van der Waals surface area contributed by atoms with Crippen LogP contribution in [0.15, 0.2) is 45.3 Å². The van der Waals surface area contributed by atoms with Crippen LogP contribution in [0.3, 0.4) is 0 Å². The van der Waals surface area contributed by atoms with Crippen molar-refractivity contribution in [3.05, 3.63) is 62.0 Å². The minimum absolute atomic E-state index is 0.276. The molecule has 0 aromatic heterocycles. The van der Waals surface area contributed by atoms with Crippen molar-refractivity contribution >= 4 is 37.5 Å². The Morgan fingerprint density at radius 1 is 1.00 bits per heavy atom. The molecule has 1 atom stereocenters. The molecule has 1 N–H and O–H groups in total. The van der Waals surface area contributed by atoms with Crippen LogP contribution in [-0.4, -0.2) is 0 Å². The van der Waals surface area contributed by atoms with Gasteiger partial charge in [0.05, 0.1) is 0 Å². The Balaban J connectivity index is 2.23. The van der Waals surface area contributed by atoms with Crippen molar-refractivity contribution in [1.29, 1.82) is 0 Å². The molecule has 0 aliphatic rings. The summed E-state index contributed by atoms with van der Waals surface area (Å²) in [6, 6.07) is 13.0. The van der Waals surface area contributed by atoms with Crippen LogP contribution in [0.4, 0.5) is 5.69 Å². The van der Waals surface area contributed by atoms with E-state index < -0.39 is 0 Å². The molecule has 0 aliphatic heterocycles. The highest BCUT2D eigenvalue weighted by Gasteiger charge is 2.10. The molecule has 1 nitrogen and oxygen atoms in total. The third-order valence-electron chi connectivity index (χ3n) is 3.19. The van der Waals surface area contributed by atoms with Crippen LogP contribution >= 0.6 is 31.9 Å². The van der Waals surface area contributed by atoms with E-state index in [1.807, 2.05) is 6.07 Å². The number of aryl methyl sites for hydroxylation is 2. The number of benzene rings is 2. The number of halogens is 2. The molecule has 19 heavy (non-hydrogen) atoms. The van der Waals surface area contributed by atoms with E-state index in [-0.39, 0.29) is 6.04 Å². The van der Waals surface area contributed by atoms with Crippen LogP contribution in [0.2, 0.25) is 0 Å². The lowest BCUT2D eigenvalue weighted by atomic mass is 10.00. The summed E-state index contributed by atoms with van der Waals surface area (Å²) in [5, 5.41) is 3.55. The SMILES string of the molecule is Cc1ccc(C(C)Nc2ccc(Br)cc2Br)c(C)c1. The van der Waals surface area contributed by atoms with Gasteiger partial charge in [-0.25, -0.2) is 0 Å². The summed E-state index contributed by atoms with van der Waals surface area (Å²) in [4.78, 5) is 0. The molecule has 0 saturated heterocycles. The number of hydrogen-bond donors (Lipinski definition) is 1. The lowest BCUT2D eigenvalue weighted by molar-refractivity contribution is 0.872. The zero-order valence-corrected chi connectivity index (χ0v) is 14.5. The highest BCUT2D eigenvalue weighted by molar-refractivity contribution is 9.11. The van der Waals surface area contributed by atoms with Crippen LogP contribution in [0, 0.1) is 13.8 Å². The molecule has 2 aromatic carbocycles. The highest BCUT2D eigenvalue weighted by Crippen LogP contribution is 2.30. The first-order valence-corrected chi connectivity index (χ1v) is 7.84. The third kappa shape index (κ3) is 3.61. The molecule has 2 rings (SSSR count). The van der Waals surface area contributed by atoms with Gasteiger partial charge in [-0.3, -0.25) is 0 Å². The van der Waals surface area contributed by atoms with Gasteiger partial charge in [-0.1, -0.05) is 39.7 Å². The first-order valence-electron chi connectivity index (χ1n) is 6.26. The van der Waals surface area contributed by atoms with E-state index in [0.29, 0.717) is 0 Å². The maximum absolute atomic E-state index is 3.59. The summed E-state index contributed by atoms with van der Waals surface area (Å²) < 4.78 is 2.14. The smallest absolute Gasteiger partial charge is 0.0490 e. The van der Waals surface area contributed by atoms with Gasteiger partial charge >= 0.3 is 0 Å². The van der Waals surface area contributed by atoms with Crippen molar-refractivity contribution in [2.75, 3.05) is 5.32 Å². The van der Waals surface area contributed by atoms with E-state index in [9.17, 15) is 0 Å². The van der Waals surface area contributed by atoms with E-state index in [2.05, 4.69) is 88.3 Å². The monoisotopic (exact) mass is 381 g/mol. The van der Waals surface area contributed by atoms with Gasteiger partial charge in [-0.2, -0.15) is 0 Å². The average molecular weight is 383 g/mol. The predicted octanol–water partition coefficient (Wildman–Crippen LogP) is 6.00. The third-order valence-corrected chi connectivity index (χ3v) is 4.34. The fraction of sp³-hybridized carbons (Fsp3) is 0.250. The van der Waals surface area contributed by atoms with Crippen molar-refractivity contribution < 1.29 is 0 Å². The number of anilines is 1. The summed E-state index contributed by atoms with van der Waals surface area (Å²) >= 11 is 7.05. The van der Waals surface area contributed by atoms with Crippen molar-refractivity contribution in [2.24, 2.45) is 0 Å². The molecule has 0 bridgehead atoms. The minimum atomic E-state index is 0.276. The average Bonchev–Trinajstić information content (AvgIpc) is 2.32. The maximum atomic E-state index is 3.59. The molecule has 0 heterocycles. The van der Waals surface area contributed by atoms with E-state index in [1.165, 1.54) is 16.7 Å². The molecule has 1 unspecified atom stereocenters. The lowest BCUT2D eigenvalue weighted by Gasteiger charge is -2.19. The Hall–Kier alpha value is -0.800. The van der Waals surface area contributed by atoms with E-state index in [4.69, 9.17) is 0 Å². The molecule has 0 spiro atoms. The van der Waals surface area contributed by atoms with Crippen molar-refractivity contribution in [1.82, 2.24) is 0 Å². The highest BCUT2D eigenvalue weighted by atomic mass is 79.9. The lowest BCUT2D eigenvalue weighted by Crippen LogP contribution is -2.08. The van der Waals surface area contributed by atoms with E-state index >= 15 is 0 Å². The van der Waals surface area contributed by atoms with Crippen LogP contribution < -0.4 is 5.32 Å². The Labute approximate surface area is 131 Å². The Morgan fingerprint density at radius 3 is 2.37 bits per heavy atom. The number of hydrogen-bond acceptors (Lipinski definition) is 1. The van der Waals surface area contributed by atoms with Gasteiger partial charge in [0.2, 0.25) is 0 Å². The Bertz CT molecular complexity index is 593. The zero-order valence-electron chi connectivity index (χ0n) is 11.3. The molecule has 0 aliphatic carbocycles. The molecular formula is C16H17Br2N. The summed E-state index contributed by atoms with van der Waals surface area (Å²) in [7, 11) is 0. The topological polar surface area (TPSA) is 12.0 Å². The summed E-state index contributed by atoms with van der Waals surface area (Å²) in [5.74, 6) is 0. The Morgan fingerprint density at radius 2 is 1.74 bits per heavy atom. The van der Waals surface area contributed by atoms with Gasteiger partial charge in [-0.05, 0) is 66.0 Å². The van der Waals surface area contributed by atoms with Crippen molar-refractivity contribution in [2.45, 2.75) is 26.8 Å². The second kappa shape index (κ2) is 6.10.